The lowest BCUT2D eigenvalue weighted by Crippen LogP contribution is -1.83. The Bertz CT molecular complexity index is 547. The Morgan fingerprint density at radius 2 is 1.93 bits per heavy atom. The van der Waals surface area contributed by atoms with Crippen LogP contribution in [0.5, 0.6) is 0 Å². The first kappa shape index (κ1) is 7.44. The van der Waals surface area contributed by atoms with Crippen molar-refractivity contribution in [3.8, 4) is 0 Å². The van der Waals surface area contributed by atoms with Crippen molar-refractivity contribution in [3.63, 3.8) is 0 Å². The first-order valence-electron chi connectivity index (χ1n) is 4.46. The highest BCUT2D eigenvalue weighted by molar-refractivity contribution is 6.02. The molecule has 2 aromatic heterocycles. The van der Waals surface area contributed by atoms with Gasteiger partial charge in [0.05, 0.1) is 17.2 Å². The summed E-state index contributed by atoms with van der Waals surface area (Å²) in [6.45, 7) is 0. The number of pyridine rings is 2. The molecule has 3 rings (SSSR count). The fourth-order valence-electron chi connectivity index (χ4n) is 1.60. The molecule has 2 heteroatoms. The molecule has 0 spiro atoms. The second-order valence-corrected chi connectivity index (χ2v) is 3.14. The molecule has 0 fully saturated rings. The lowest BCUT2D eigenvalue weighted by atomic mass is 10.1. The SMILES string of the molecule is [c]1nc2ccccc2c2ncccc12. The summed E-state index contributed by atoms with van der Waals surface area (Å²) in [7, 11) is 0. The fraction of sp³-hybridized carbons (Fsp3) is 0. The molecule has 0 N–H and O–H groups in total. The van der Waals surface area contributed by atoms with Crippen LogP contribution in [0.1, 0.15) is 0 Å². The molecule has 0 saturated carbocycles. The van der Waals surface area contributed by atoms with Crippen LogP contribution in [0.15, 0.2) is 42.6 Å². The summed E-state index contributed by atoms with van der Waals surface area (Å²) in [6.07, 6.45) is 4.78. The van der Waals surface area contributed by atoms with Crippen LogP contribution in [0.4, 0.5) is 0 Å². The summed E-state index contributed by atoms with van der Waals surface area (Å²) in [5, 5.41) is 2.05. The minimum absolute atomic E-state index is 0.943. The fourth-order valence-corrected chi connectivity index (χ4v) is 1.60. The summed E-state index contributed by atoms with van der Waals surface area (Å²) < 4.78 is 0. The van der Waals surface area contributed by atoms with Gasteiger partial charge < -0.3 is 0 Å². The van der Waals surface area contributed by atoms with E-state index in [-0.39, 0.29) is 0 Å². The highest BCUT2D eigenvalue weighted by Crippen LogP contribution is 2.19. The van der Waals surface area contributed by atoms with Gasteiger partial charge in [0.2, 0.25) is 0 Å². The Balaban J connectivity index is 2.61. The van der Waals surface area contributed by atoms with Crippen LogP contribution in [0.2, 0.25) is 0 Å². The minimum Gasteiger partial charge on any atom is -0.255 e. The van der Waals surface area contributed by atoms with E-state index in [1.807, 2.05) is 36.4 Å². The van der Waals surface area contributed by atoms with Crippen molar-refractivity contribution in [2.24, 2.45) is 0 Å². The van der Waals surface area contributed by atoms with Crippen molar-refractivity contribution >= 4 is 21.8 Å². The maximum absolute atomic E-state index is 4.34. The van der Waals surface area contributed by atoms with E-state index in [9.17, 15) is 0 Å². The predicted molar refractivity (Wildman–Crippen MR) is 55.9 cm³/mol. The molecule has 0 aliphatic rings. The molecule has 2 nitrogen and oxygen atoms in total. The summed E-state index contributed by atoms with van der Waals surface area (Å²) in [5.74, 6) is 0. The minimum atomic E-state index is 0.943. The molecular weight excluding hydrogens is 172 g/mol. The third-order valence-electron chi connectivity index (χ3n) is 2.26. The monoisotopic (exact) mass is 179 g/mol. The maximum atomic E-state index is 4.34. The summed E-state index contributed by atoms with van der Waals surface area (Å²) in [4.78, 5) is 8.58. The number of hydrogen-bond donors (Lipinski definition) is 0. The summed E-state index contributed by atoms with van der Waals surface area (Å²) >= 11 is 0. The Hall–Kier alpha value is -1.96. The highest BCUT2D eigenvalue weighted by Gasteiger charge is 2.00. The number of fused-ring (bicyclic) bond motifs is 3. The van der Waals surface area contributed by atoms with E-state index in [4.69, 9.17) is 0 Å². The third kappa shape index (κ3) is 0.973. The molecule has 2 heterocycles. The van der Waals surface area contributed by atoms with Gasteiger partial charge in [-0.1, -0.05) is 18.2 Å². The Morgan fingerprint density at radius 1 is 1.00 bits per heavy atom. The summed E-state index contributed by atoms with van der Waals surface area (Å²) in [5.41, 5.74) is 1.91. The van der Waals surface area contributed by atoms with Crippen molar-refractivity contribution in [2.75, 3.05) is 0 Å². The van der Waals surface area contributed by atoms with Gasteiger partial charge in [-0.05, 0) is 18.2 Å². The molecule has 0 amide bonds. The zero-order valence-corrected chi connectivity index (χ0v) is 7.44. The van der Waals surface area contributed by atoms with Crippen molar-refractivity contribution < 1.29 is 0 Å². The molecule has 3 aromatic rings. The van der Waals surface area contributed by atoms with Gasteiger partial charge in [0.25, 0.3) is 0 Å². The van der Waals surface area contributed by atoms with E-state index in [2.05, 4.69) is 16.2 Å². The number of hydrogen-bond acceptors (Lipinski definition) is 2. The smallest absolute Gasteiger partial charge is 0.0995 e. The van der Waals surface area contributed by atoms with Crippen molar-refractivity contribution in [1.82, 2.24) is 9.97 Å². The largest absolute Gasteiger partial charge is 0.255 e. The average Bonchev–Trinajstić information content (AvgIpc) is 2.29. The standard InChI is InChI=1S/C12H7N2/c1-2-6-11-10(5-1)12-9(8-14-11)4-3-7-13-12/h1-7H. The van der Waals surface area contributed by atoms with Crippen LogP contribution >= 0.6 is 0 Å². The zero-order chi connectivity index (χ0) is 9.38. The third-order valence-corrected chi connectivity index (χ3v) is 2.26. The number of nitrogens with zero attached hydrogens (tertiary/aromatic N) is 2. The van der Waals surface area contributed by atoms with Crippen LogP contribution in [0.3, 0.4) is 0 Å². The number of benzene rings is 1. The van der Waals surface area contributed by atoms with E-state index in [0.717, 1.165) is 21.8 Å². The molecule has 1 aromatic carbocycles. The Labute approximate surface area is 81.2 Å². The van der Waals surface area contributed by atoms with Crippen LogP contribution < -0.4 is 0 Å². The predicted octanol–water partition coefficient (Wildman–Crippen LogP) is 2.58. The molecule has 0 saturated heterocycles. The molecule has 0 unspecified atom stereocenters. The normalized spacial score (nSPS) is 10.9. The Kier molecular flexibility index (Phi) is 1.47. The lowest BCUT2D eigenvalue weighted by molar-refractivity contribution is 1.37. The molecule has 1 radical (unpaired) electrons. The van der Waals surface area contributed by atoms with Gasteiger partial charge in [-0.2, -0.15) is 0 Å². The van der Waals surface area contributed by atoms with Gasteiger partial charge in [0, 0.05) is 17.0 Å². The average molecular weight is 179 g/mol. The van der Waals surface area contributed by atoms with Crippen LogP contribution in [-0.4, -0.2) is 9.97 Å². The van der Waals surface area contributed by atoms with E-state index in [0.29, 0.717) is 0 Å². The zero-order valence-electron chi connectivity index (χ0n) is 7.44. The van der Waals surface area contributed by atoms with E-state index < -0.39 is 0 Å². The van der Waals surface area contributed by atoms with Gasteiger partial charge >= 0.3 is 0 Å². The van der Waals surface area contributed by atoms with Crippen LogP contribution in [-0.2, 0) is 0 Å². The molecular formula is C12H7N2. The molecule has 14 heavy (non-hydrogen) atoms. The van der Waals surface area contributed by atoms with Gasteiger partial charge in [0.15, 0.2) is 0 Å². The second kappa shape index (κ2) is 2.77. The molecule has 65 valence electrons. The van der Waals surface area contributed by atoms with Crippen molar-refractivity contribution in [1.29, 1.82) is 0 Å². The van der Waals surface area contributed by atoms with Gasteiger partial charge in [-0.15, -0.1) is 0 Å². The highest BCUT2D eigenvalue weighted by atomic mass is 14.7. The van der Waals surface area contributed by atoms with Crippen LogP contribution in [0.25, 0.3) is 21.8 Å². The molecule has 0 atom stereocenters. The molecule has 0 aliphatic heterocycles. The van der Waals surface area contributed by atoms with Crippen LogP contribution in [0, 0.1) is 6.20 Å². The maximum Gasteiger partial charge on any atom is 0.0995 e. The van der Waals surface area contributed by atoms with Crippen molar-refractivity contribution in [3.05, 3.63) is 48.8 Å². The van der Waals surface area contributed by atoms with Gasteiger partial charge in [-0.3, -0.25) is 4.98 Å². The lowest BCUT2D eigenvalue weighted by Gasteiger charge is -1.99. The number of aromatic nitrogens is 2. The summed E-state index contributed by atoms with van der Waals surface area (Å²) in [6, 6.07) is 11.8. The molecule has 0 aliphatic carbocycles. The van der Waals surface area contributed by atoms with E-state index in [1.54, 1.807) is 6.20 Å². The van der Waals surface area contributed by atoms with E-state index in [1.165, 1.54) is 0 Å². The van der Waals surface area contributed by atoms with Gasteiger partial charge in [-0.25, -0.2) is 4.98 Å². The number of rotatable bonds is 0. The topological polar surface area (TPSA) is 25.8 Å². The number of para-hydroxylation sites is 1. The Morgan fingerprint density at radius 3 is 2.93 bits per heavy atom. The first-order valence-corrected chi connectivity index (χ1v) is 4.46. The quantitative estimate of drug-likeness (QED) is 0.496. The van der Waals surface area contributed by atoms with Crippen molar-refractivity contribution in [2.45, 2.75) is 0 Å². The second-order valence-electron chi connectivity index (χ2n) is 3.14. The first-order chi connectivity index (χ1) is 6.95. The van der Waals surface area contributed by atoms with E-state index >= 15 is 0 Å². The molecule has 0 bridgehead atoms. The van der Waals surface area contributed by atoms with Gasteiger partial charge in [0.1, 0.15) is 0 Å².